The first-order chi connectivity index (χ1) is 10.2. The summed E-state index contributed by atoms with van der Waals surface area (Å²) in [5.74, 6) is 0.704. The maximum atomic E-state index is 12.1. The lowest BCUT2D eigenvalue weighted by atomic mass is 10.2. The van der Waals surface area contributed by atoms with Gasteiger partial charge in [-0.3, -0.25) is 14.9 Å². The molecule has 112 valence electrons. The number of aromatic nitrogens is 1. The number of hydrogen-bond acceptors (Lipinski definition) is 5. The van der Waals surface area contributed by atoms with Crippen LogP contribution in [0.1, 0.15) is 12.8 Å². The summed E-state index contributed by atoms with van der Waals surface area (Å²) in [6.45, 7) is 2.57. The van der Waals surface area contributed by atoms with E-state index in [0.717, 1.165) is 18.9 Å². The quantitative estimate of drug-likeness (QED) is 0.712. The highest BCUT2D eigenvalue weighted by atomic mass is 16.2. The molecule has 2 fully saturated rings. The standard InChI is InChI=1S/C14H19N5O2/c20-13-9-15-11(8-17-13)14(21)18-10-3-4-12(16-7-10)19-5-1-2-6-19/h3-4,7,11,15H,1-2,5-6,8-9H2,(H,17,20)(H,18,21). The number of piperazine rings is 1. The second-order valence-corrected chi connectivity index (χ2v) is 5.33. The molecule has 0 spiro atoms. The molecule has 0 aliphatic carbocycles. The number of pyridine rings is 1. The Morgan fingerprint density at radius 1 is 1.33 bits per heavy atom. The van der Waals surface area contributed by atoms with Crippen LogP contribution >= 0.6 is 0 Å². The molecule has 1 atom stereocenters. The smallest absolute Gasteiger partial charge is 0.243 e. The van der Waals surface area contributed by atoms with Gasteiger partial charge in [-0.2, -0.15) is 0 Å². The Labute approximate surface area is 123 Å². The van der Waals surface area contributed by atoms with Crippen molar-refractivity contribution in [3.8, 4) is 0 Å². The second-order valence-electron chi connectivity index (χ2n) is 5.33. The third-order valence-corrected chi connectivity index (χ3v) is 3.77. The van der Waals surface area contributed by atoms with Gasteiger partial charge in [-0.1, -0.05) is 0 Å². The molecule has 0 bridgehead atoms. The predicted octanol–water partition coefficient (Wildman–Crippen LogP) is -0.292. The summed E-state index contributed by atoms with van der Waals surface area (Å²) in [5, 5.41) is 8.36. The van der Waals surface area contributed by atoms with Gasteiger partial charge in [-0.25, -0.2) is 4.98 Å². The van der Waals surface area contributed by atoms with E-state index in [1.165, 1.54) is 12.8 Å². The molecule has 7 heteroatoms. The van der Waals surface area contributed by atoms with Crippen molar-refractivity contribution in [2.45, 2.75) is 18.9 Å². The topological polar surface area (TPSA) is 86.4 Å². The molecule has 0 aromatic carbocycles. The molecule has 21 heavy (non-hydrogen) atoms. The Balaban J connectivity index is 1.57. The summed E-state index contributed by atoms with van der Waals surface area (Å²) in [5.41, 5.74) is 0.668. The van der Waals surface area contributed by atoms with Crippen molar-refractivity contribution < 1.29 is 9.59 Å². The lowest BCUT2D eigenvalue weighted by Gasteiger charge is -2.23. The average molecular weight is 289 g/mol. The molecule has 3 rings (SSSR count). The van der Waals surface area contributed by atoms with Gasteiger partial charge >= 0.3 is 0 Å². The molecule has 1 aromatic rings. The average Bonchev–Trinajstić information content (AvgIpc) is 3.03. The fourth-order valence-electron chi connectivity index (χ4n) is 2.57. The Bertz CT molecular complexity index is 515. The number of rotatable bonds is 3. The molecule has 2 saturated heterocycles. The van der Waals surface area contributed by atoms with Crippen LogP contribution in [0.25, 0.3) is 0 Å². The molecule has 2 aliphatic heterocycles. The fraction of sp³-hybridized carbons (Fsp3) is 0.500. The molecule has 1 unspecified atom stereocenters. The third kappa shape index (κ3) is 3.30. The van der Waals surface area contributed by atoms with Crippen LogP contribution in [-0.4, -0.2) is 49.0 Å². The number of amides is 2. The predicted molar refractivity (Wildman–Crippen MR) is 79.1 cm³/mol. The summed E-state index contributed by atoms with van der Waals surface area (Å²) in [6.07, 6.45) is 4.09. The number of nitrogens with one attached hydrogen (secondary N) is 3. The first-order valence-corrected chi connectivity index (χ1v) is 7.24. The van der Waals surface area contributed by atoms with Gasteiger partial charge in [-0.15, -0.1) is 0 Å². The van der Waals surface area contributed by atoms with Crippen LogP contribution < -0.4 is 20.9 Å². The molecule has 1 aromatic heterocycles. The molecular weight excluding hydrogens is 270 g/mol. The van der Waals surface area contributed by atoms with Gasteiger partial charge in [0.2, 0.25) is 11.8 Å². The van der Waals surface area contributed by atoms with Crippen LogP contribution in [0, 0.1) is 0 Å². The van der Waals surface area contributed by atoms with Crippen LogP contribution in [0.3, 0.4) is 0 Å². The SMILES string of the molecule is O=C1CNC(C(=O)Nc2ccc(N3CCCC3)nc2)CN1. The van der Waals surface area contributed by atoms with Crippen LogP contribution in [0.5, 0.6) is 0 Å². The lowest BCUT2D eigenvalue weighted by Crippen LogP contribution is -2.56. The van der Waals surface area contributed by atoms with Crippen LogP contribution in [0.15, 0.2) is 18.3 Å². The Morgan fingerprint density at radius 2 is 2.14 bits per heavy atom. The second kappa shape index (κ2) is 6.09. The van der Waals surface area contributed by atoms with E-state index in [1.807, 2.05) is 12.1 Å². The largest absolute Gasteiger partial charge is 0.357 e. The number of carbonyl (C=O) groups excluding carboxylic acids is 2. The number of nitrogens with zero attached hydrogens (tertiary/aromatic N) is 2. The number of carbonyl (C=O) groups is 2. The van der Waals surface area contributed by atoms with Crippen molar-refractivity contribution in [2.75, 3.05) is 36.4 Å². The van der Waals surface area contributed by atoms with Gasteiger partial charge in [0.15, 0.2) is 0 Å². The van der Waals surface area contributed by atoms with E-state index in [4.69, 9.17) is 0 Å². The minimum atomic E-state index is -0.402. The first kappa shape index (κ1) is 13.8. The van der Waals surface area contributed by atoms with E-state index in [0.29, 0.717) is 12.2 Å². The van der Waals surface area contributed by atoms with E-state index in [9.17, 15) is 9.59 Å². The summed E-state index contributed by atoms with van der Waals surface area (Å²) >= 11 is 0. The van der Waals surface area contributed by atoms with Crippen LogP contribution in [-0.2, 0) is 9.59 Å². The molecule has 7 nitrogen and oxygen atoms in total. The summed E-state index contributed by atoms with van der Waals surface area (Å²) < 4.78 is 0. The van der Waals surface area contributed by atoms with Crippen LogP contribution in [0.2, 0.25) is 0 Å². The van der Waals surface area contributed by atoms with Gasteiger partial charge < -0.3 is 15.5 Å². The first-order valence-electron chi connectivity index (χ1n) is 7.24. The third-order valence-electron chi connectivity index (χ3n) is 3.77. The highest BCUT2D eigenvalue weighted by molar-refractivity contribution is 5.96. The van der Waals surface area contributed by atoms with Crippen molar-refractivity contribution in [3.05, 3.63) is 18.3 Å². The number of anilines is 2. The van der Waals surface area contributed by atoms with Gasteiger partial charge in [-0.05, 0) is 25.0 Å². The lowest BCUT2D eigenvalue weighted by molar-refractivity contribution is -0.124. The van der Waals surface area contributed by atoms with Crippen molar-refractivity contribution in [1.29, 1.82) is 0 Å². The molecule has 3 heterocycles. The number of hydrogen-bond donors (Lipinski definition) is 3. The molecule has 2 aliphatic rings. The Kier molecular flexibility index (Phi) is 4.01. The van der Waals surface area contributed by atoms with Crippen molar-refractivity contribution >= 4 is 23.3 Å². The van der Waals surface area contributed by atoms with Gasteiger partial charge in [0.05, 0.1) is 18.4 Å². The normalized spacial score (nSPS) is 22.0. The van der Waals surface area contributed by atoms with E-state index in [1.54, 1.807) is 6.20 Å². The van der Waals surface area contributed by atoms with E-state index < -0.39 is 6.04 Å². The maximum Gasteiger partial charge on any atom is 0.243 e. The van der Waals surface area contributed by atoms with Crippen molar-refractivity contribution in [1.82, 2.24) is 15.6 Å². The van der Waals surface area contributed by atoms with Gasteiger partial charge in [0, 0.05) is 19.6 Å². The zero-order chi connectivity index (χ0) is 14.7. The Morgan fingerprint density at radius 3 is 2.76 bits per heavy atom. The van der Waals surface area contributed by atoms with E-state index in [-0.39, 0.29) is 18.4 Å². The Hall–Kier alpha value is -2.15. The zero-order valence-corrected chi connectivity index (χ0v) is 11.8. The molecule has 0 saturated carbocycles. The monoisotopic (exact) mass is 289 g/mol. The minimum Gasteiger partial charge on any atom is -0.357 e. The molecule has 0 radical (unpaired) electrons. The highest BCUT2D eigenvalue weighted by Crippen LogP contribution is 2.19. The zero-order valence-electron chi connectivity index (χ0n) is 11.8. The molecule has 2 amide bonds. The molecule has 3 N–H and O–H groups in total. The highest BCUT2D eigenvalue weighted by Gasteiger charge is 2.23. The van der Waals surface area contributed by atoms with Crippen molar-refractivity contribution in [3.63, 3.8) is 0 Å². The summed E-state index contributed by atoms with van der Waals surface area (Å²) in [7, 11) is 0. The van der Waals surface area contributed by atoms with Gasteiger partial charge in [0.1, 0.15) is 11.9 Å². The fourth-order valence-corrected chi connectivity index (χ4v) is 2.57. The molecular formula is C14H19N5O2. The van der Waals surface area contributed by atoms with E-state index in [2.05, 4.69) is 25.8 Å². The van der Waals surface area contributed by atoms with Crippen molar-refractivity contribution in [2.24, 2.45) is 0 Å². The van der Waals surface area contributed by atoms with Gasteiger partial charge in [0.25, 0.3) is 0 Å². The summed E-state index contributed by atoms with van der Waals surface area (Å²) in [4.78, 5) is 29.7. The maximum absolute atomic E-state index is 12.1. The van der Waals surface area contributed by atoms with E-state index >= 15 is 0 Å². The summed E-state index contributed by atoms with van der Waals surface area (Å²) in [6, 6.07) is 3.39. The van der Waals surface area contributed by atoms with Crippen LogP contribution in [0.4, 0.5) is 11.5 Å². The minimum absolute atomic E-state index is 0.0873.